The van der Waals surface area contributed by atoms with E-state index in [9.17, 15) is 0 Å². The van der Waals surface area contributed by atoms with Crippen molar-refractivity contribution in [1.82, 2.24) is 15.0 Å². The maximum absolute atomic E-state index is 5.66. The molecule has 0 bridgehead atoms. The minimum absolute atomic E-state index is 0.519. The number of nitrogens with zero attached hydrogens (tertiary/aromatic N) is 3. The Morgan fingerprint density at radius 2 is 2.06 bits per heavy atom. The van der Waals surface area contributed by atoms with Gasteiger partial charge in [-0.1, -0.05) is 11.8 Å². The number of aromatic nitrogens is 3. The second-order valence-electron chi connectivity index (χ2n) is 3.39. The van der Waals surface area contributed by atoms with E-state index in [1.165, 1.54) is 0 Å². The third-order valence-electron chi connectivity index (χ3n) is 1.84. The maximum Gasteiger partial charge on any atom is 0.190 e. The van der Waals surface area contributed by atoms with E-state index >= 15 is 0 Å². The first-order valence-corrected chi connectivity index (χ1v) is 6.65. The van der Waals surface area contributed by atoms with Crippen LogP contribution in [-0.2, 0) is 5.75 Å². The quantitative estimate of drug-likeness (QED) is 0.671. The van der Waals surface area contributed by atoms with Gasteiger partial charge in [-0.05, 0) is 13.8 Å². The molecule has 0 radical (unpaired) electrons. The molecule has 2 N–H and O–H groups in total. The molecule has 4 nitrogen and oxygen atoms in total. The highest BCUT2D eigenvalue weighted by Gasteiger charge is 2.04. The van der Waals surface area contributed by atoms with Crippen molar-refractivity contribution in [1.29, 1.82) is 0 Å². The highest BCUT2D eigenvalue weighted by Crippen LogP contribution is 2.22. The molecular formula is C10H12N4S2. The van der Waals surface area contributed by atoms with E-state index in [0.717, 1.165) is 22.1 Å². The van der Waals surface area contributed by atoms with E-state index in [0.29, 0.717) is 11.0 Å². The van der Waals surface area contributed by atoms with E-state index < -0.39 is 0 Å². The predicted molar refractivity (Wildman–Crippen MR) is 67.6 cm³/mol. The standard InChI is InChI=1S/C10H12N4S2/c1-6-3-8(11)14-10(13-6)16-5-9-12-7(2)4-15-9/h3-4H,5H2,1-2H3,(H2,11,13,14). The Morgan fingerprint density at radius 3 is 2.69 bits per heavy atom. The number of nitrogens with two attached hydrogens (primary N) is 1. The summed E-state index contributed by atoms with van der Waals surface area (Å²) < 4.78 is 0. The Bertz CT molecular complexity index is 475. The molecule has 6 heteroatoms. The highest BCUT2D eigenvalue weighted by atomic mass is 32.2. The number of thiazole rings is 1. The van der Waals surface area contributed by atoms with Crippen LogP contribution in [0.1, 0.15) is 16.4 Å². The largest absolute Gasteiger partial charge is 0.384 e. The molecule has 0 aliphatic heterocycles. The summed E-state index contributed by atoms with van der Waals surface area (Å²) in [5.41, 5.74) is 7.61. The lowest BCUT2D eigenvalue weighted by molar-refractivity contribution is 0.939. The van der Waals surface area contributed by atoms with Crippen LogP contribution in [0, 0.1) is 13.8 Å². The number of hydrogen-bond donors (Lipinski definition) is 1. The van der Waals surface area contributed by atoms with Gasteiger partial charge in [0.25, 0.3) is 0 Å². The maximum atomic E-state index is 5.66. The van der Waals surface area contributed by atoms with Crippen molar-refractivity contribution in [3.8, 4) is 0 Å². The van der Waals surface area contributed by atoms with Crippen LogP contribution in [0.2, 0.25) is 0 Å². The molecular weight excluding hydrogens is 240 g/mol. The third kappa shape index (κ3) is 2.93. The van der Waals surface area contributed by atoms with Crippen LogP contribution in [0.3, 0.4) is 0 Å². The summed E-state index contributed by atoms with van der Waals surface area (Å²) in [5.74, 6) is 1.31. The molecule has 0 aromatic carbocycles. The first-order valence-electron chi connectivity index (χ1n) is 4.78. The fourth-order valence-corrected chi connectivity index (χ4v) is 2.93. The van der Waals surface area contributed by atoms with Crippen LogP contribution in [0.4, 0.5) is 5.82 Å². The average Bonchev–Trinajstić information content (AvgIpc) is 2.60. The Hall–Kier alpha value is -1.14. The fraction of sp³-hybridized carbons (Fsp3) is 0.300. The zero-order chi connectivity index (χ0) is 11.5. The molecule has 0 unspecified atom stereocenters. The second kappa shape index (κ2) is 4.80. The van der Waals surface area contributed by atoms with Gasteiger partial charge >= 0.3 is 0 Å². The summed E-state index contributed by atoms with van der Waals surface area (Å²) in [4.78, 5) is 12.8. The van der Waals surface area contributed by atoms with Gasteiger partial charge in [0.2, 0.25) is 0 Å². The summed E-state index contributed by atoms with van der Waals surface area (Å²) in [6.07, 6.45) is 0. The summed E-state index contributed by atoms with van der Waals surface area (Å²) in [6, 6.07) is 1.76. The van der Waals surface area contributed by atoms with Gasteiger partial charge in [-0.15, -0.1) is 11.3 Å². The Kier molecular flexibility index (Phi) is 3.40. The third-order valence-corrected chi connectivity index (χ3v) is 3.85. The normalized spacial score (nSPS) is 10.6. The smallest absolute Gasteiger partial charge is 0.190 e. The van der Waals surface area contributed by atoms with Crippen molar-refractivity contribution in [3.05, 3.63) is 27.8 Å². The molecule has 2 rings (SSSR count). The molecule has 2 heterocycles. The van der Waals surface area contributed by atoms with Crippen molar-refractivity contribution in [2.75, 3.05) is 5.73 Å². The molecule has 0 aliphatic rings. The first kappa shape index (κ1) is 11.3. The Labute approximate surface area is 102 Å². The second-order valence-corrected chi connectivity index (χ2v) is 5.27. The van der Waals surface area contributed by atoms with Crippen molar-refractivity contribution < 1.29 is 0 Å². The van der Waals surface area contributed by atoms with Gasteiger partial charge in [0.1, 0.15) is 10.8 Å². The summed E-state index contributed by atoms with van der Waals surface area (Å²) >= 11 is 3.22. The van der Waals surface area contributed by atoms with Crippen LogP contribution in [0.25, 0.3) is 0 Å². The molecule has 0 spiro atoms. The van der Waals surface area contributed by atoms with E-state index in [1.807, 2.05) is 19.2 Å². The Morgan fingerprint density at radius 1 is 1.25 bits per heavy atom. The van der Waals surface area contributed by atoms with Gasteiger partial charge in [0.15, 0.2) is 5.16 Å². The summed E-state index contributed by atoms with van der Waals surface area (Å²) in [5, 5.41) is 3.85. The monoisotopic (exact) mass is 252 g/mol. The van der Waals surface area contributed by atoms with Crippen LogP contribution in [-0.4, -0.2) is 15.0 Å². The van der Waals surface area contributed by atoms with Gasteiger partial charge in [-0.2, -0.15) is 0 Å². The first-order chi connectivity index (χ1) is 7.63. The molecule has 0 fully saturated rings. The van der Waals surface area contributed by atoms with E-state index in [4.69, 9.17) is 5.73 Å². The van der Waals surface area contributed by atoms with E-state index in [2.05, 4.69) is 15.0 Å². The molecule has 84 valence electrons. The molecule has 0 saturated carbocycles. The molecule has 16 heavy (non-hydrogen) atoms. The van der Waals surface area contributed by atoms with Gasteiger partial charge in [-0.25, -0.2) is 15.0 Å². The fourth-order valence-electron chi connectivity index (χ4n) is 1.22. The SMILES string of the molecule is Cc1cc(N)nc(SCc2nc(C)cs2)n1. The van der Waals surface area contributed by atoms with Crippen molar-refractivity contribution >= 4 is 28.9 Å². The van der Waals surface area contributed by atoms with Crippen molar-refractivity contribution in [2.24, 2.45) is 0 Å². The zero-order valence-electron chi connectivity index (χ0n) is 9.10. The van der Waals surface area contributed by atoms with Gasteiger partial charge < -0.3 is 5.73 Å². The predicted octanol–water partition coefficient (Wildman–Crippen LogP) is 2.42. The number of hydrogen-bond acceptors (Lipinski definition) is 6. The number of anilines is 1. The minimum Gasteiger partial charge on any atom is -0.384 e. The molecule has 0 atom stereocenters. The van der Waals surface area contributed by atoms with Gasteiger partial charge in [-0.3, -0.25) is 0 Å². The number of aryl methyl sites for hydroxylation is 2. The topological polar surface area (TPSA) is 64.7 Å². The summed E-state index contributed by atoms with van der Waals surface area (Å²) in [7, 11) is 0. The van der Waals surface area contributed by atoms with Crippen LogP contribution < -0.4 is 5.73 Å². The van der Waals surface area contributed by atoms with Crippen molar-refractivity contribution in [3.63, 3.8) is 0 Å². The lowest BCUT2D eigenvalue weighted by atomic mass is 10.4. The van der Waals surface area contributed by atoms with E-state index in [-0.39, 0.29) is 0 Å². The van der Waals surface area contributed by atoms with Crippen LogP contribution in [0.5, 0.6) is 0 Å². The average molecular weight is 252 g/mol. The molecule has 2 aromatic rings. The minimum atomic E-state index is 0.519. The van der Waals surface area contributed by atoms with E-state index in [1.54, 1.807) is 29.2 Å². The number of nitrogen functional groups attached to an aromatic ring is 1. The van der Waals surface area contributed by atoms with Gasteiger partial charge in [0.05, 0.1) is 5.75 Å². The number of rotatable bonds is 3. The molecule has 0 aliphatic carbocycles. The lowest BCUT2D eigenvalue weighted by Gasteiger charge is -2.00. The van der Waals surface area contributed by atoms with Crippen LogP contribution >= 0.6 is 23.1 Å². The molecule has 2 aromatic heterocycles. The zero-order valence-corrected chi connectivity index (χ0v) is 10.7. The lowest BCUT2D eigenvalue weighted by Crippen LogP contribution is -1.96. The highest BCUT2D eigenvalue weighted by molar-refractivity contribution is 7.98. The molecule has 0 amide bonds. The van der Waals surface area contributed by atoms with Crippen molar-refractivity contribution in [2.45, 2.75) is 24.8 Å². The Balaban J connectivity index is 2.04. The number of thioether (sulfide) groups is 1. The summed E-state index contributed by atoms with van der Waals surface area (Å²) in [6.45, 7) is 3.90. The van der Waals surface area contributed by atoms with Crippen LogP contribution in [0.15, 0.2) is 16.6 Å². The molecule has 0 saturated heterocycles. The van der Waals surface area contributed by atoms with Gasteiger partial charge in [0, 0.05) is 22.8 Å².